The second-order valence-corrected chi connectivity index (χ2v) is 5.66. The predicted molar refractivity (Wildman–Crippen MR) is 65.0 cm³/mol. The second kappa shape index (κ2) is 4.53. The lowest BCUT2D eigenvalue weighted by Crippen LogP contribution is -2.49. The maximum atomic E-state index is 12.1. The number of amides is 3. The van der Waals surface area contributed by atoms with Gasteiger partial charge in [0.1, 0.15) is 5.54 Å². The van der Waals surface area contributed by atoms with Crippen molar-refractivity contribution < 1.29 is 14.3 Å². The van der Waals surface area contributed by atoms with Crippen molar-refractivity contribution in [1.82, 2.24) is 10.2 Å². The Kier molecular flexibility index (Phi) is 3.01. The van der Waals surface area contributed by atoms with E-state index < -0.39 is 5.54 Å². The highest BCUT2D eigenvalue weighted by molar-refractivity contribution is 6.07. The highest BCUT2D eigenvalue weighted by atomic mass is 16.5. The zero-order chi connectivity index (χ0) is 12.6. The molecule has 1 aliphatic carbocycles. The van der Waals surface area contributed by atoms with Gasteiger partial charge in [0.05, 0.1) is 0 Å². The van der Waals surface area contributed by atoms with Gasteiger partial charge in [-0.15, -0.1) is 0 Å². The molecule has 2 saturated heterocycles. The summed E-state index contributed by atoms with van der Waals surface area (Å²) in [7, 11) is 0. The lowest BCUT2D eigenvalue weighted by atomic mass is 9.92. The van der Waals surface area contributed by atoms with E-state index in [1.807, 2.05) is 4.90 Å². The number of nitrogens with zero attached hydrogens (tertiary/aromatic N) is 1. The van der Waals surface area contributed by atoms with E-state index in [0.29, 0.717) is 12.5 Å². The van der Waals surface area contributed by atoms with Crippen molar-refractivity contribution in [1.29, 1.82) is 0 Å². The molecule has 3 fully saturated rings. The minimum absolute atomic E-state index is 0.0722. The highest BCUT2D eigenvalue weighted by Crippen LogP contribution is 2.39. The zero-order valence-electron chi connectivity index (χ0n) is 10.6. The smallest absolute Gasteiger partial charge is 0.325 e. The van der Waals surface area contributed by atoms with E-state index in [2.05, 4.69) is 5.32 Å². The third-order valence-corrected chi connectivity index (χ3v) is 4.62. The number of nitrogens with one attached hydrogen (secondary N) is 1. The summed E-state index contributed by atoms with van der Waals surface area (Å²) in [4.78, 5) is 25.9. The summed E-state index contributed by atoms with van der Waals surface area (Å²) >= 11 is 0. The van der Waals surface area contributed by atoms with Crippen LogP contribution in [0.4, 0.5) is 4.79 Å². The topological polar surface area (TPSA) is 58.6 Å². The Morgan fingerprint density at radius 3 is 2.56 bits per heavy atom. The van der Waals surface area contributed by atoms with E-state index in [-0.39, 0.29) is 11.9 Å². The standard InChI is InChI=1S/C13H20N2O3/c16-11-13(5-1-2-6-13)15(12(17)14-11)9-10-3-7-18-8-4-10/h10H,1-9H2,(H,14,16,17). The first kappa shape index (κ1) is 12.0. The molecule has 5 nitrogen and oxygen atoms in total. The van der Waals surface area contributed by atoms with Gasteiger partial charge in [0.25, 0.3) is 5.91 Å². The molecule has 18 heavy (non-hydrogen) atoms. The molecule has 3 amide bonds. The van der Waals surface area contributed by atoms with E-state index in [1.54, 1.807) is 0 Å². The first-order valence-electron chi connectivity index (χ1n) is 6.93. The molecule has 0 bridgehead atoms. The summed E-state index contributed by atoms with van der Waals surface area (Å²) in [5.74, 6) is 0.407. The van der Waals surface area contributed by atoms with Gasteiger partial charge in [-0.05, 0) is 31.6 Å². The molecule has 0 radical (unpaired) electrons. The molecule has 2 aliphatic heterocycles. The van der Waals surface area contributed by atoms with Crippen molar-refractivity contribution in [2.24, 2.45) is 5.92 Å². The van der Waals surface area contributed by atoms with Crippen LogP contribution in [0.2, 0.25) is 0 Å². The lowest BCUT2D eigenvalue weighted by Gasteiger charge is -2.35. The highest BCUT2D eigenvalue weighted by Gasteiger charge is 2.54. The zero-order valence-corrected chi connectivity index (χ0v) is 10.6. The molecule has 3 rings (SSSR count). The van der Waals surface area contributed by atoms with Gasteiger partial charge in [0.2, 0.25) is 0 Å². The second-order valence-electron chi connectivity index (χ2n) is 5.66. The van der Waals surface area contributed by atoms with Crippen molar-refractivity contribution in [3.8, 4) is 0 Å². The summed E-state index contributed by atoms with van der Waals surface area (Å²) in [6.07, 6.45) is 5.74. The summed E-state index contributed by atoms with van der Waals surface area (Å²) in [5.41, 5.74) is -0.518. The molecule has 0 aromatic heterocycles. The largest absolute Gasteiger partial charge is 0.381 e. The number of hydrogen-bond donors (Lipinski definition) is 1. The first-order chi connectivity index (χ1) is 8.72. The number of ether oxygens (including phenoxy) is 1. The van der Waals surface area contributed by atoms with Gasteiger partial charge < -0.3 is 9.64 Å². The fourth-order valence-corrected chi connectivity index (χ4v) is 3.50. The normalized spacial score (nSPS) is 28.1. The van der Waals surface area contributed by atoms with Crippen molar-refractivity contribution >= 4 is 11.9 Å². The summed E-state index contributed by atoms with van der Waals surface area (Å²) in [6, 6.07) is -0.187. The van der Waals surface area contributed by atoms with E-state index in [9.17, 15) is 9.59 Å². The molecule has 100 valence electrons. The van der Waals surface area contributed by atoms with Crippen molar-refractivity contribution in [2.75, 3.05) is 19.8 Å². The summed E-state index contributed by atoms with van der Waals surface area (Å²) in [5, 5.41) is 2.51. The van der Waals surface area contributed by atoms with Crippen LogP contribution in [0.5, 0.6) is 0 Å². The third kappa shape index (κ3) is 1.81. The monoisotopic (exact) mass is 252 g/mol. The van der Waals surface area contributed by atoms with E-state index in [0.717, 1.165) is 51.7 Å². The van der Waals surface area contributed by atoms with E-state index in [1.165, 1.54) is 0 Å². The molecule has 2 heterocycles. The number of carbonyl (C=O) groups is 2. The molecule has 1 N–H and O–H groups in total. The van der Waals surface area contributed by atoms with Crippen molar-refractivity contribution in [3.63, 3.8) is 0 Å². The maximum Gasteiger partial charge on any atom is 0.325 e. The van der Waals surface area contributed by atoms with Crippen molar-refractivity contribution in [2.45, 2.75) is 44.1 Å². The molecule has 0 aromatic carbocycles. The van der Waals surface area contributed by atoms with E-state index >= 15 is 0 Å². The molecule has 5 heteroatoms. The molecule has 3 aliphatic rings. The van der Waals surface area contributed by atoms with Gasteiger partial charge in [-0.3, -0.25) is 10.1 Å². The Balaban J connectivity index is 1.75. The molecule has 0 unspecified atom stereocenters. The fourth-order valence-electron chi connectivity index (χ4n) is 3.50. The molecule has 1 saturated carbocycles. The minimum atomic E-state index is -0.518. The van der Waals surface area contributed by atoms with Crippen LogP contribution in [0.3, 0.4) is 0 Å². The third-order valence-electron chi connectivity index (χ3n) is 4.62. The summed E-state index contributed by atoms with van der Waals surface area (Å²) < 4.78 is 5.34. The number of imide groups is 1. The fraction of sp³-hybridized carbons (Fsp3) is 0.846. The number of rotatable bonds is 2. The van der Waals surface area contributed by atoms with Crippen molar-refractivity contribution in [3.05, 3.63) is 0 Å². The Morgan fingerprint density at radius 1 is 1.22 bits per heavy atom. The Labute approximate surface area is 107 Å². The maximum absolute atomic E-state index is 12.1. The van der Waals surface area contributed by atoms with Crippen LogP contribution < -0.4 is 5.32 Å². The molecule has 0 aromatic rings. The van der Waals surface area contributed by atoms with Crippen LogP contribution in [-0.4, -0.2) is 42.1 Å². The minimum Gasteiger partial charge on any atom is -0.381 e. The number of carbonyl (C=O) groups excluding carboxylic acids is 2. The van der Waals surface area contributed by atoms with Crippen LogP contribution in [-0.2, 0) is 9.53 Å². The van der Waals surface area contributed by atoms with Crippen LogP contribution in [0, 0.1) is 5.92 Å². The number of hydrogen-bond acceptors (Lipinski definition) is 3. The average Bonchev–Trinajstić information content (AvgIpc) is 2.94. The van der Waals surface area contributed by atoms with Gasteiger partial charge in [-0.2, -0.15) is 0 Å². The SMILES string of the molecule is O=C1NC(=O)C2(CCCC2)N1CC1CCOCC1. The van der Waals surface area contributed by atoms with Gasteiger partial charge in [0.15, 0.2) is 0 Å². The van der Waals surface area contributed by atoms with Gasteiger partial charge in [-0.1, -0.05) is 12.8 Å². The predicted octanol–water partition coefficient (Wildman–Crippen LogP) is 1.28. The molecular formula is C13H20N2O3. The van der Waals surface area contributed by atoms with Crippen LogP contribution in [0.25, 0.3) is 0 Å². The van der Waals surface area contributed by atoms with Gasteiger partial charge >= 0.3 is 6.03 Å². The van der Waals surface area contributed by atoms with E-state index in [4.69, 9.17) is 4.74 Å². The van der Waals surface area contributed by atoms with Crippen LogP contribution in [0.1, 0.15) is 38.5 Å². The lowest BCUT2D eigenvalue weighted by molar-refractivity contribution is -0.126. The Morgan fingerprint density at radius 2 is 1.89 bits per heavy atom. The van der Waals surface area contributed by atoms with Crippen LogP contribution in [0.15, 0.2) is 0 Å². The van der Waals surface area contributed by atoms with Gasteiger partial charge in [0, 0.05) is 19.8 Å². The summed E-state index contributed by atoms with van der Waals surface area (Å²) in [6.45, 7) is 2.27. The van der Waals surface area contributed by atoms with Gasteiger partial charge in [-0.25, -0.2) is 4.79 Å². The molecular weight excluding hydrogens is 232 g/mol. The molecule has 0 atom stereocenters. The quantitative estimate of drug-likeness (QED) is 0.753. The molecule has 1 spiro atoms. The van der Waals surface area contributed by atoms with Crippen LogP contribution >= 0.6 is 0 Å². The number of urea groups is 1. The Bertz CT molecular complexity index is 357. The Hall–Kier alpha value is -1.10. The average molecular weight is 252 g/mol. The first-order valence-corrected chi connectivity index (χ1v) is 6.93.